The molecule has 2 rings (SSSR count). The van der Waals surface area contributed by atoms with E-state index in [0.717, 1.165) is 44.4 Å². The lowest BCUT2D eigenvalue weighted by Crippen LogP contribution is -2.40. The second kappa shape index (κ2) is 8.51. The summed E-state index contributed by atoms with van der Waals surface area (Å²) < 4.78 is 5.29. The molecule has 0 saturated carbocycles. The van der Waals surface area contributed by atoms with E-state index in [1.807, 2.05) is 13.0 Å². The van der Waals surface area contributed by atoms with Crippen LogP contribution in [0.25, 0.3) is 0 Å². The molecule has 1 heterocycles. The first-order valence-corrected chi connectivity index (χ1v) is 8.28. The molecule has 1 fully saturated rings. The standard InChI is InChI=1S/C18H30N2O2/c1-15(21)12-20-9-7-16(8-10-20)13-19(2)14-17-5-4-6-18(11-17)22-3/h4-6,11,15-16,21H,7-10,12-14H2,1-3H3. The van der Waals surface area contributed by atoms with Crippen molar-refractivity contribution >= 4 is 0 Å². The van der Waals surface area contributed by atoms with Gasteiger partial charge in [-0.25, -0.2) is 0 Å². The molecule has 1 aliphatic rings. The second-order valence-electron chi connectivity index (χ2n) is 6.64. The number of likely N-dealkylation sites (tertiary alicyclic amines) is 1. The quantitative estimate of drug-likeness (QED) is 0.838. The summed E-state index contributed by atoms with van der Waals surface area (Å²) in [4.78, 5) is 4.78. The lowest BCUT2D eigenvalue weighted by Gasteiger charge is -2.34. The van der Waals surface area contributed by atoms with Crippen molar-refractivity contribution in [3.05, 3.63) is 29.8 Å². The number of methoxy groups -OCH3 is 1. The van der Waals surface area contributed by atoms with E-state index in [4.69, 9.17) is 4.74 Å². The third-order valence-electron chi connectivity index (χ3n) is 4.39. The van der Waals surface area contributed by atoms with E-state index < -0.39 is 0 Å². The molecule has 1 saturated heterocycles. The van der Waals surface area contributed by atoms with Crippen molar-refractivity contribution in [2.45, 2.75) is 32.4 Å². The molecule has 0 aliphatic carbocycles. The van der Waals surface area contributed by atoms with E-state index >= 15 is 0 Å². The molecule has 0 amide bonds. The number of β-amino-alcohol motifs (C(OH)–C–C–N with tert-alkyl or cyclic N) is 1. The van der Waals surface area contributed by atoms with Crippen molar-refractivity contribution in [1.29, 1.82) is 0 Å². The summed E-state index contributed by atoms with van der Waals surface area (Å²) in [5.41, 5.74) is 1.30. The number of hydrogen-bond donors (Lipinski definition) is 1. The summed E-state index contributed by atoms with van der Waals surface area (Å²) >= 11 is 0. The lowest BCUT2D eigenvalue weighted by molar-refractivity contribution is 0.0919. The normalized spacial score (nSPS) is 18.6. The van der Waals surface area contributed by atoms with Crippen LogP contribution >= 0.6 is 0 Å². The van der Waals surface area contributed by atoms with E-state index in [0.29, 0.717) is 0 Å². The Kier molecular flexibility index (Phi) is 6.68. The number of nitrogens with zero attached hydrogens (tertiary/aromatic N) is 2. The summed E-state index contributed by atoms with van der Waals surface area (Å²) in [6.45, 7) is 7.01. The zero-order chi connectivity index (χ0) is 15.9. The van der Waals surface area contributed by atoms with Crippen LogP contribution in [0.5, 0.6) is 5.75 Å². The topological polar surface area (TPSA) is 35.9 Å². The molecule has 1 aromatic carbocycles. The minimum Gasteiger partial charge on any atom is -0.497 e. The van der Waals surface area contributed by atoms with Crippen molar-refractivity contribution < 1.29 is 9.84 Å². The molecule has 0 radical (unpaired) electrons. The van der Waals surface area contributed by atoms with Crippen molar-refractivity contribution in [3.63, 3.8) is 0 Å². The van der Waals surface area contributed by atoms with Crippen LogP contribution in [0.1, 0.15) is 25.3 Å². The molecule has 1 unspecified atom stereocenters. The zero-order valence-electron chi connectivity index (χ0n) is 14.2. The fraction of sp³-hybridized carbons (Fsp3) is 0.667. The average molecular weight is 306 g/mol. The number of rotatable bonds is 7. The monoisotopic (exact) mass is 306 g/mol. The first kappa shape index (κ1) is 17.3. The first-order valence-electron chi connectivity index (χ1n) is 8.28. The van der Waals surface area contributed by atoms with Crippen LogP contribution in [0.2, 0.25) is 0 Å². The molecular weight excluding hydrogens is 276 g/mol. The van der Waals surface area contributed by atoms with Crippen molar-refractivity contribution in [2.24, 2.45) is 5.92 Å². The number of aliphatic hydroxyl groups is 1. The van der Waals surface area contributed by atoms with Gasteiger partial charge in [0.05, 0.1) is 13.2 Å². The molecule has 4 heteroatoms. The molecule has 1 N–H and O–H groups in total. The van der Waals surface area contributed by atoms with E-state index in [1.165, 1.54) is 18.4 Å². The number of aliphatic hydroxyl groups excluding tert-OH is 1. The number of hydrogen-bond acceptors (Lipinski definition) is 4. The fourth-order valence-electron chi connectivity index (χ4n) is 3.31. The van der Waals surface area contributed by atoms with Gasteiger partial charge in [0.15, 0.2) is 0 Å². The molecule has 22 heavy (non-hydrogen) atoms. The predicted molar refractivity (Wildman–Crippen MR) is 90.2 cm³/mol. The summed E-state index contributed by atoms with van der Waals surface area (Å²) in [5, 5.41) is 9.46. The smallest absolute Gasteiger partial charge is 0.119 e. The molecule has 0 spiro atoms. The Labute approximate surface area is 134 Å². The Hall–Kier alpha value is -1.10. The van der Waals surface area contributed by atoms with Gasteiger partial charge >= 0.3 is 0 Å². The molecule has 4 nitrogen and oxygen atoms in total. The van der Waals surface area contributed by atoms with Crippen LogP contribution in [-0.2, 0) is 6.54 Å². The van der Waals surface area contributed by atoms with Crippen LogP contribution in [0.15, 0.2) is 24.3 Å². The van der Waals surface area contributed by atoms with Crippen molar-refractivity contribution in [3.8, 4) is 5.75 Å². The first-order chi connectivity index (χ1) is 10.6. The SMILES string of the molecule is COc1cccc(CN(C)CC2CCN(CC(C)O)CC2)c1. The Bertz CT molecular complexity index is 442. The summed E-state index contributed by atoms with van der Waals surface area (Å²) in [7, 11) is 3.91. The van der Waals surface area contributed by atoms with Gasteiger partial charge in [0.2, 0.25) is 0 Å². The molecule has 1 atom stereocenters. The van der Waals surface area contributed by atoms with Crippen LogP contribution in [-0.4, -0.2) is 61.3 Å². The second-order valence-corrected chi connectivity index (χ2v) is 6.64. The van der Waals surface area contributed by atoms with E-state index in [1.54, 1.807) is 7.11 Å². The number of piperidine rings is 1. The van der Waals surface area contributed by atoms with Gasteiger partial charge in [-0.1, -0.05) is 12.1 Å². The third kappa shape index (κ3) is 5.59. The van der Waals surface area contributed by atoms with Crippen molar-refractivity contribution in [1.82, 2.24) is 9.80 Å². The fourth-order valence-corrected chi connectivity index (χ4v) is 3.31. The summed E-state index contributed by atoms with van der Waals surface area (Å²) in [6, 6.07) is 8.31. The highest BCUT2D eigenvalue weighted by molar-refractivity contribution is 5.28. The minimum atomic E-state index is -0.215. The number of benzene rings is 1. The van der Waals surface area contributed by atoms with E-state index in [2.05, 4.69) is 35.0 Å². The van der Waals surface area contributed by atoms with Crippen LogP contribution in [0.4, 0.5) is 0 Å². The highest BCUT2D eigenvalue weighted by Crippen LogP contribution is 2.20. The number of ether oxygens (including phenoxy) is 1. The van der Waals surface area contributed by atoms with Gasteiger partial charge in [0.1, 0.15) is 5.75 Å². The average Bonchev–Trinajstić information content (AvgIpc) is 2.49. The maximum atomic E-state index is 9.46. The molecule has 124 valence electrons. The summed E-state index contributed by atoms with van der Waals surface area (Å²) in [5.74, 6) is 1.69. The zero-order valence-corrected chi connectivity index (χ0v) is 14.2. The molecule has 1 aromatic rings. The lowest BCUT2D eigenvalue weighted by atomic mass is 9.96. The van der Waals surface area contributed by atoms with Gasteiger partial charge in [-0.05, 0) is 63.5 Å². The van der Waals surface area contributed by atoms with Gasteiger partial charge in [-0.3, -0.25) is 0 Å². The molecule has 0 bridgehead atoms. The Balaban J connectivity index is 1.74. The van der Waals surface area contributed by atoms with E-state index in [9.17, 15) is 5.11 Å². The van der Waals surface area contributed by atoms with Gasteiger partial charge < -0.3 is 19.6 Å². The van der Waals surface area contributed by atoms with E-state index in [-0.39, 0.29) is 6.10 Å². The maximum absolute atomic E-state index is 9.46. The largest absolute Gasteiger partial charge is 0.497 e. The highest BCUT2D eigenvalue weighted by atomic mass is 16.5. The Morgan fingerprint density at radius 3 is 2.73 bits per heavy atom. The highest BCUT2D eigenvalue weighted by Gasteiger charge is 2.21. The van der Waals surface area contributed by atoms with Gasteiger partial charge in [-0.15, -0.1) is 0 Å². The van der Waals surface area contributed by atoms with Gasteiger partial charge in [-0.2, -0.15) is 0 Å². The van der Waals surface area contributed by atoms with Crippen molar-refractivity contribution in [2.75, 3.05) is 40.3 Å². The predicted octanol–water partition coefficient (Wildman–Crippen LogP) is 2.22. The minimum absolute atomic E-state index is 0.215. The maximum Gasteiger partial charge on any atom is 0.119 e. The Morgan fingerprint density at radius 2 is 2.09 bits per heavy atom. The molecule has 0 aromatic heterocycles. The van der Waals surface area contributed by atoms with Crippen LogP contribution in [0.3, 0.4) is 0 Å². The van der Waals surface area contributed by atoms with Gasteiger partial charge in [0, 0.05) is 19.6 Å². The molecular formula is C18H30N2O2. The van der Waals surface area contributed by atoms with Gasteiger partial charge in [0.25, 0.3) is 0 Å². The summed E-state index contributed by atoms with van der Waals surface area (Å²) in [6.07, 6.45) is 2.25. The third-order valence-corrected chi connectivity index (χ3v) is 4.39. The molecule has 1 aliphatic heterocycles. The Morgan fingerprint density at radius 1 is 1.36 bits per heavy atom. The van der Waals surface area contributed by atoms with Crippen LogP contribution in [0, 0.1) is 5.92 Å². The van der Waals surface area contributed by atoms with Crippen LogP contribution < -0.4 is 4.74 Å².